The first-order chi connectivity index (χ1) is 19.0. The summed E-state index contributed by atoms with van der Waals surface area (Å²) in [6, 6.07) is 29.1. The molecule has 0 aromatic heterocycles. The molecule has 1 fully saturated rings. The van der Waals surface area contributed by atoms with E-state index in [0.29, 0.717) is 42.2 Å². The quantitative estimate of drug-likeness (QED) is 0.190. The number of carbonyl (C=O) groups excluding carboxylic acids is 1. The monoisotopic (exact) mass is 526 g/mol. The highest BCUT2D eigenvalue weighted by Crippen LogP contribution is 2.46. The second-order valence-corrected chi connectivity index (χ2v) is 9.37. The second kappa shape index (κ2) is 12.0. The normalized spacial score (nSPS) is 17.2. The lowest BCUT2D eigenvalue weighted by molar-refractivity contribution is -0.130. The van der Waals surface area contributed by atoms with Gasteiger partial charge in [-0.3, -0.25) is 9.79 Å². The van der Waals surface area contributed by atoms with Crippen LogP contribution in [-0.2, 0) is 11.4 Å². The van der Waals surface area contributed by atoms with Gasteiger partial charge in [0.2, 0.25) is 5.91 Å². The van der Waals surface area contributed by atoms with Crippen molar-refractivity contribution in [3.05, 3.63) is 131 Å². The number of rotatable bonds is 10. The number of ether oxygens (including phenoxy) is 1. The number of anilines is 1. The maximum absolute atomic E-state index is 13.6. The molecule has 4 aromatic rings. The van der Waals surface area contributed by atoms with E-state index in [1.54, 1.807) is 29.2 Å². The predicted molar refractivity (Wildman–Crippen MR) is 147 cm³/mol. The largest absolute Gasteiger partial charge is 0.489 e. The molecule has 0 unspecified atom stereocenters. The molecule has 1 amide bonds. The first kappa shape index (κ1) is 26.3. The molecule has 5 rings (SSSR count). The molecule has 1 heterocycles. The van der Waals surface area contributed by atoms with Gasteiger partial charge in [-0.05, 0) is 78.1 Å². The minimum absolute atomic E-state index is 0.0709. The molecule has 0 spiro atoms. The molecule has 1 saturated heterocycles. The van der Waals surface area contributed by atoms with Crippen LogP contribution >= 0.6 is 0 Å². The Bertz CT molecular complexity index is 1420. The van der Waals surface area contributed by atoms with E-state index in [0.717, 1.165) is 11.1 Å². The zero-order valence-corrected chi connectivity index (χ0v) is 21.2. The van der Waals surface area contributed by atoms with Gasteiger partial charge in [0, 0.05) is 11.4 Å². The number of hydrogen-bond acceptors (Lipinski definition) is 4. The summed E-state index contributed by atoms with van der Waals surface area (Å²) in [6.45, 7) is 0.0453. The van der Waals surface area contributed by atoms with Crippen LogP contribution < -0.4 is 9.64 Å². The van der Waals surface area contributed by atoms with Gasteiger partial charge in [0.05, 0.1) is 12.0 Å². The summed E-state index contributed by atoms with van der Waals surface area (Å²) in [5.74, 6) is -0.438. The Morgan fingerprint density at radius 2 is 1.49 bits per heavy atom. The van der Waals surface area contributed by atoms with Crippen molar-refractivity contribution in [1.82, 2.24) is 0 Å². The number of nitrogens with zero attached hydrogens (tertiary/aromatic N) is 2. The van der Waals surface area contributed by atoms with E-state index >= 15 is 0 Å². The number of β-lactam (4-membered cyclic amide) rings is 1. The number of benzene rings is 4. The third-order valence-corrected chi connectivity index (χ3v) is 6.92. The Morgan fingerprint density at radius 3 is 2.13 bits per heavy atom. The van der Waals surface area contributed by atoms with Gasteiger partial charge >= 0.3 is 0 Å². The lowest BCUT2D eigenvalue weighted by Crippen LogP contribution is -2.55. The van der Waals surface area contributed by atoms with Crippen LogP contribution in [0, 0.1) is 17.6 Å². The van der Waals surface area contributed by atoms with Crippen LogP contribution in [0.5, 0.6) is 5.75 Å². The van der Waals surface area contributed by atoms with Crippen LogP contribution in [0.25, 0.3) is 0 Å². The van der Waals surface area contributed by atoms with Gasteiger partial charge in [0.1, 0.15) is 30.7 Å². The molecule has 198 valence electrons. The number of aliphatic imine (C=N–C) groups is 1. The molecule has 4 aromatic carbocycles. The number of amides is 1. The summed E-state index contributed by atoms with van der Waals surface area (Å²) >= 11 is 0. The molecule has 2 atom stereocenters. The number of aliphatic hydroxyl groups is 1. The summed E-state index contributed by atoms with van der Waals surface area (Å²) in [6.07, 6.45) is 0.901. The van der Waals surface area contributed by atoms with E-state index in [4.69, 9.17) is 4.74 Å². The van der Waals surface area contributed by atoms with E-state index in [1.165, 1.54) is 24.3 Å². The molecule has 39 heavy (non-hydrogen) atoms. The maximum atomic E-state index is 13.6. The molecule has 0 aliphatic carbocycles. The molecule has 0 radical (unpaired) electrons. The van der Waals surface area contributed by atoms with Crippen LogP contribution in [0.1, 0.15) is 35.6 Å². The number of hydrogen-bond donors (Lipinski definition) is 1. The first-order valence-electron chi connectivity index (χ1n) is 12.8. The van der Waals surface area contributed by atoms with Crippen molar-refractivity contribution < 1.29 is 23.4 Å². The highest BCUT2D eigenvalue weighted by Gasteiger charge is 2.48. The van der Waals surface area contributed by atoms with E-state index in [-0.39, 0.29) is 29.5 Å². The van der Waals surface area contributed by atoms with Crippen LogP contribution in [0.3, 0.4) is 0 Å². The predicted octanol–water partition coefficient (Wildman–Crippen LogP) is 6.47. The number of aliphatic hydroxyl groups excluding tert-OH is 1. The third kappa shape index (κ3) is 6.04. The molecule has 5 nitrogen and oxygen atoms in total. The van der Waals surface area contributed by atoms with E-state index < -0.39 is 6.73 Å². The average molecular weight is 527 g/mol. The highest BCUT2D eigenvalue weighted by atomic mass is 19.1. The number of halogens is 2. The molecule has 1 aliphatic heterocycles. The minimum atomic E-state index is -0.402. The summed E-state index contributed by atoms with van der Waals surface area (Å²) in [5.41, 5.74) is 3.92. The van der Waals surface area contributed by atoms with Crippen molar-refractivity contribution in [3.63, 3.8) is 0 Å². The fourth-order valence-electron chi connectivity index (χ4n) is 4.94. The van der Waals surface area contributed by atoms with Gasteiger partial charge in [-0.2, -0.15) is 0 Å². The zero-order valence-electron chi connectivity index (χ0n) is 21.2. The summed E-state index contributed by atoms with van der Waals surface area (Å²) in [7, 11) is 0. The Hall–Kier alpha value is -4.36. The number of carbonyl (C=O) groups is 1. The summed E-state index contributed by atoms with van der Waals surface area (Å²) < 4.78 is 33.0. The average Bonchev–Trinajstić information content (AvgIpc) is 2.96. The van der Waals surface area contributed by atoms with Crippen molar-refractivity contribution in [1.29, 1.82) is 0 Å². The Balaban J connectivity index is 1.36. The molecule has 0 saturated carbocycles. The van der Waals surface area contributed by atoms with Gasteiger partial charge < -0.3 is 14.7 Å². The molecule has 0 bridgehead atoms. The van der Waals surface area contributed by atoms with Crippen molar-refractivity contribution in [3.8, 4) is 5.75 Å². The summed E-state index contributed by atoms with van der Waals surface area (Å²) in [5, 5.41) is 9.45. The fraction of sp³-hybridized carbons (Fsp3) is 0.188. The van der Waals surface area contributed by atoms with Crippen LogP contribution in [0.2, 0.25) is 0 Å². The van der Waals surface area contributed by atoms with Crippen molar-refractivity contribution >= 4 is 17.3 Å². The molecule has 1 aliphatic rings. The molecular formula is C32H28F2N2O3. The standard InChI is InChI=1S/C32H28F2N2O3/c33-25-10-6-23(7-11-25)30(35-21-37)19-18-29-31(36(32(29)38)27-14-12-26(34)13-15-27)24-8-16-28(17-9-24)39-20-22-4-2-1-3-5-22/h1-17,29,31,37H,18-21H2/t29-,31-/m1/s1. The maximum Gasteiger partial charge on any atom is 0.233 e. The Kier molecular flexibility index (Phi) is 8.08. The van der Waals surface area contributed by atoms with E-state index in [9.17, 15) is 18.7 Å². The van der Waals surface area contributed by atoms with Crippen molar-refractivity contribution in [2.45, 2.75) is 25.5 Å². The van der Waals surface area contributed by atoms with Crippen molar-refractivity contribution in [2.24, 2.45) is 10.9 Å². The second-order valence-electron chi connectivity index (χ2n) is 9.37. The van der Waals surface area contributed by atoms with Gasteiger partial charge in [0.25, 0.3) is 0 Å². The highest BCUT2D eigenvalue weighted by molar-refractivity contribution is 6.04. The molecule has 1 N–H and O–H groups in total. The van der Waals surface area contributed by atoms with Gasteiger partial charge in [-0.25, -0.2) is 8.78 Å². The fourth-order valence-corrected chi connectivity index (χ4v) is 4.94. The van der Waals surface area contributed by atoms with Gasteiger partial charge in [-0.1, -0.05) is 54.6 Å². The lowest BCUT2D eigenvalue weighted by atomic mass is 9.78. The van der Waals surface area contributed by atoms with E-state index in [1.807, 2.05) is 54.6 Å². The molecule has 7 heteroatoms. The smallest absolute Gasteiger partial charge is 0.233 e. The topological polar surface area (TPSA) is 62.1 Å². The third-order valence-electron chi connectivity index (χ3n) is 6.92. The van der Waals surface area contributed by atoms with Crippen molar-refractivity contribution in [2.75, 3.05) is 11.6 Å². The van der Waals surface area contributed by atoms with Gasteiger partial charge in [0.15, 0.2) is 0 Å². The Labute approximate surface area is 226 Å². The first-order valence-corrected chi connectivity index (χ1v) is 12.8. The van der Waals surface area contributed by atoms with Gasteiger partial charge in [-0.15, -0.1) is 0 Å². The SMILES string of the molecule is O=C1[C@H](CCC(=NCO)c2ccc(F)cc2)[C@@H](c2ccc(OCc3ccccc3)cc2)N1c1ccc(F)cc1. The Morgan fingerprint density at radius 1 is 0.846 bits per heavy atom. The van der Waals surface area contributed by atoms with Crippen LogP contribution in [0.4, 0.5) is 14.5 Å². The summed E-state index contributed by atoms with van der Waals surface area (Å²) in [4.78, 5) is 19.3. The molecular weight excluding hydrogens is 498 g/mol. The van der Waals surface area contributed by atoms with Crippen LogP contribution in [0.15, 0.2) is 108 Å². The van der Waals surface area contributed by atoms with E-state index in [2.05, 4.69) is 4.99 Å². The zero-order chi connectivity index (χ0) is 27.2. The van der Waals surface area contributed by atoms with Crippen LogP contribution in [-0.4, -0.2) is 23.5 Å². The minimum Gasteiger partial charge on any atom is -0.489 e. The lowest BCUT2D eigenvalue weighted by Gasteiger charge is -2.47.